The Morgan fingerprint density at radius 1 is 0.750 bits per heavy atom. The number of para-hydroxylation sites is 1. The Hall–Kier alpha value is -3.74. The van der Waals surface area contributed by atoms with Crippen molar-refractivity contribution in [2.45, 2.75) is 12.3 Å². The predicted molar refractivity (Wildman–Crippen MR) is 135 cm³/mol. The van der Waals surface area contributed by atoms with Crippen molar-refractivity contribution in [2.24, 2.45) is 5.92 Å². The van der Waals surface area contributed by atoms with Gasteiger partial charge in [-0.25, -0.2) is 8.78 Å². The molecule has 3 aromatic carbocycles. The van der Waals surface area contributed by atoms with Crippen LogP contribution in [0.15, 0.2) is 78.9 Å². The molecular weight excluding hydrogens is 460 g/mol. The molecule has 0 aliphatic carbocycles. The first-order chi connectivity index (χ1) is 17.5. The number of benzene rings is 3. The summed E-state index contributed by atoms with van der Waals surface area (Å²) < 4.78 is 28.0. The number of carbonyl (C=O) groups is 2. The van der Waals surface area contributed by atoms with Crippen molar-refractivity contribution in [3.8, 4) is 0 Å². The summed E-state index contributed by atoms with van der Waals surface area (Å²) in [6.07, 6.45) is 0.642. The molecule has 0 radical (unpaired) electrons. The van der Waals surface area contributed by atoms with Crippen molar-refractivity contribution >= 4 is 17.5 Å². The number of piperidine rings is 1. The largest absolute Gasteiger partial charge is 0.366 e. The Morgan fingerprint density at radius 2 is 1.47 bits per heavy atom. The first-order valence-electron chi connectivity index (χ1n) is 12.4. The lowest BCUT2D eigenvalue weighted by atomic mass is 9.83. The molecule has 5 nitrogen and oxygen atoms in total. The van der Waals surface area contributed by atoms with E-state index in [0.29, 0.717) is 51.4 Å². The molecule has 2 saturated heterocycles. The number of nitrogens with zero attached hydrogens (tertiary/aromatic N) is 3. The minimum Gasteiger partial charge on any atom is -0.366 e. The normalized spacial score (nSPS) is 20.3. The van der Waals surface area contributed by atoms with Crippen molar-refractivity contribution in [1.29, 1.82) is 0 Å². The van der Waals surface area contributed by atoms with Gasteiger partial charge in [0.05, 0.1) is 11.6 Å². The van der Waals surface area contributed by atoms with Crippen molar-refractivity contribution in [3.05, 3.63) is 102 Å². The van der Waals surface area contributed by atoms with E-state index < -0.39 is 5.82 Å². The van der Waals surface area contributed by atoms with E-state index >= 15 is 0 Å². The van der Waals surface area contributed by atoms with Gasteiger partial charge in [-0.3, -0.25) is 9.59 Å². The maximum atomic E-state index is 14.2. The summed E-state index contributed by atoms with van der Waals surface area (Å²) in [4.78, 5) is 32.4. The fourth-order valence-corrected chi connectivity index (χ4v) is 5.35. The second-order valence-electron chi connectivity index (χ2n) is 9.52. The maximum absolute atomic E-state index is 14.2. The lowest BCUT2D eigenvalue weighted by molar-refractivity contribution is -0.137. The van der Waals surface area contributed by atoms with Gasteiger partial charge in [-0.1, -0.05) is 48.5 Å². The number of rotatable bonds is 4. The molecule has 0 saturated carbocycles. The minimum absolute atomic E-state index is 0.00566. The van der Waals surface area contributed by atoms with Gasteiger partial charge >= 0.3 is 0 Å². The van der Waals surface area contributed by atoms with E-state index in [1.165, 1.54) is 24.3 Å². The molecular formula is C29H29F2N3O2. The Bertz CT molecular complexity index is 1230. The smallest absolute Gasteiger partial charge is 0.253 e. The molecule has 2 aliphatic rings. The molecule has 36 heavy (non-hydrogen) atoms. The molecule has 0 N–H and O–H groups in total. The third-order valence-corrected chi connectivity index (χ3v) is 7.21. The van der Waals surface area contributed by atoms with Crippen LogP contribution in [0.1, 0.15) is 28.3 Å². The minimum atomic E-state index is -0.460. The molecule has 7 heteroatoms. The number of amides is 2. The lowest BCUT2D eigenvalue weighted by Crippen LogP contribution is -2.54. The highest BCUT2D eigenvalue weighted by molar-refractivity contribution is 5.95. The van der Waals surface area contributed by atoms with Crippen LogP contribution in [-0.2, 0) is 4.79 Å². The number of hydrogen-bond acceptors (Lipinski definition) is 3. The van der Waals surface area contributed by atoms with Crippen LogP contribution in [0, 0.1) is 17.6 Å². The zero-order valence-corrected chi connectivity index (χ0v) is 20.0. The quantitative estimate of drug-likeness (QED) is 0.540. The van der Waals surface area contributed by atoms with Crippen molar-refractivity contribution in [2.75, 3.05) is 44.2 Å². The molecule has 2 heterocycles. The van der Waals surface area contributed by atoms with Gasteiger partial charge in [-0.2, -0.15) is 0 Å². The number of halogens is 2. The third-order valence-electron chi connectivity index (χ3n) is 7.21. The predicted octanol–water partition coefficient (Wildman–Crippen LogP) is 4.56. The zero-order chi connectivity index (χ0) is 25.1. The van der Waals surface area contributed by atoms with Crippen molar-refractivity contribution < 1.29 is 18.4 Å². The van der Waals surface area contributed by atoms with Gasteiger partial charge < -0.3 is 14.7 Å². The van der Waals surface area contributed by atoms with Gasteiger partial charge in [0, 0.05) is 50.7 Å². The Balaban J connectivity index is 1.32. The first kappa shape index (κ1) is 24.0. The second kappa shape index (κ2) is 10.5. The summed E-state index contributed by atoms with van der Waals surface area (Å²) in [5.74, 6) is -1.33. The molecule has 2 aliphatic heterocycles. The summed E-state index contributed by atoms with van der Waals surface area (Å²) in [5.41, 5.74) is 1.92. The maximum Gasteiger partial charge on any atom is 0.253 e. The van der Waals surface area contributed by atoms with E-state index in [-0.39, 0.29) is 35.0 Å². The highest BCUT2D eigenvalue weighted by atomic mass is 19.1. The molecule has 0 spiro atoms. The van der Waals surface area contributed by atoms with E-state index in [1.807, 2.05) is 46.2 Å². The molecule has 3 aromatic rings. The zero-order valence-electron chi connectivity index (χ0n) is 20.0. The van der Waals surface area contributed by atoms with Gasteiger partial charge in [0.2, 0.25) is 5.91 Å². The summed E-state index contributed by atoms with van der Waals surface area (Å²) >= 11 is 0. The van der Waals surface area contributed by atoms with E-state index in [0.717, 1.165) is 5.56 Å². The highest BCUT2D eigenvalue weighted by Crippen LogP contribution is 2.32. The average Bonchev–Trinajstić information content (AvgIpc) is 2.93. The van der Waals surface area contributed by atoms with Gasteiger partial charge in [0.1, 0.15) is 11.6 Å². The van der Waals surface area contributed by atoms with Gasteiger partial charge in [-0.15, -0.1) is 0 Å². The second-order valence-corrected chi connectivity index (χ2v) is 9.52. The van der Waals surface area contributed by atoms with Gasteiger partial charge in [0.15, 0.2) is 0 Å². The van der Waals surface area contributed by atoms with E-state index in [1.54, 1.807) is 23.1 Å². The van der Waals surface area contributed by atoms with Crippen LogP contribution in [0.25, 0.3) is 0 Å². The molecule has 2 fully saturated rings. The van der Waals surface area contributed by atoms with Crippen molar-refractivity contribution in [1.82, 2.24) is 9.80 Å². The molecule has 0 aromatic heterocycles. The van der Waals surface area contributed by atoms with Crippen LogP contribution in [0.3, 0.4) is 0 Å². The highest BCUT2D eigenvalue weighted by Gasteiger charge is 2.37. The number of likely N-dealkylation sites (tertiary alicyclic amines) is 1. The van der Waals surface area contributed by atoms with Gasteiger partial charge in [-0.05, 0) is 42.3 Å². The van der Waals surface area contributed by atoms with Crippen LogP contribution in [0.5, 0.6) is 0 Å². The first-order valence-corrected chi connectivity index (χ1v) is 12.4. The van der Waals surface area contributed by atoms with Gasteiger partial charge in [0.25, 0.3) is 5.91 Å². The van der Waals surface area contributed by atoms with Crippen LogP contribution < -0.4 is 4.90 Å². The van der Waals surface area contributed by atoms with Crippen LogP contribution >= 0.6 is 0 Å². The van der Waals surface area contributed by atoms with Crippen LogP contribution in [-0.4, -0.2) is 60.9 Å². The molecule has 2 atom stereocenters. The summed E-state index contributed by atoms with van der Waals surface area (Å²) in [7, 11) is 0. The third kappa shape index (κ3) is 5.10. The molecule has 0 unspecified atom stereocenters. The SMILES string of the molecule is O=C(c1cccc(F)c1)N1C[C@H](C(=O)N2CCN(c3ccccc3F)CC2)C[C@@H](c2ccccc2)C1. The number of anilines is 1. The summed E-state index contributed by atoms with van der Waals surface area (Å²) in [6.45, 7) is 2.87. The fraction of sp³-hybridized carbons (Fsp3) is 0.310. The monoisotopic (exact) mass is 489 g/mol. The lowest BCUT2D eigenvalue weighted by Gasteiger charge is -2.42. The van der Waals surface area contributed by atoms with E-state index in [4.69, 9.17) is 0 Å². The standard InChI is InChI=1S/C29H29F2N3O2/c30-25-10-6-9-22(18-25)28(35)34-19-23(21-7-2-1-3-8-21)17-24(20-34)29(36)33-15-13-32(14-16-33)27-12-5-4-11-26(27)31/h1-12,18,23-24H,13-17,19-20H2/t23-,24-/m1/s1. The average molecular weight is 490 g/mol. The van der Waals surface area contributed by atoms with Crippen LogP contribution in [0.2, 0.25) is 0 Å². The Labute approximate surface area is 209 Å². The summed E-state index contributed by atoms with van der Waals surface area (Å²) in [5, 5.41) is 0. The topological polar surface area (TPSA) is 43.9 Å². The van der Waals surface area contributed by atoms with Crippen LogP contribution in [0.4, 0.5) is 14.5 Å². The number of hydrogen-bond donors (Lipinski definition) is 0. The number of piperazine rings is 1. The van der Waals surface area contributed by atoms with E-state index in [9.17, 15) is 18.4 Å². The Morgan fingerprint density at radius 3 is 2.19 bits per heavy atom. The van der Waals surface area contributed by atoms with Crippen molar-refractivity contribution in [3.63, 3.8) is 0 Å². The molecule has 5 rings (SSSR count). The molecule has 2 amide bonds. The fourth-order valence-electron chi connectivity index (χ4n) is 5.35. The number of carbonyl (C=O) groups excluding carboxylic acids is 2. The summed E-state index contributed by atoms with van der Waals surface area (Å²) in [6, 6.07) is 22.3. The molecule has 186 valence electrons. The molecule has 0 bridgehead atoms. The Kier molecular flexibility index (Phi) is 6.98. The van der Waals surface area contributed by atoms with E-state index in [2.05, 4.69) is 0 Å².